The molecule has 5 rings (SSSR count). The van der Waals surface area contributed by atoms with Crippen molar-refractivity contribution in [2.45, 2.75) is 87.6 Å². The molecule has 0 aromatic carbocycles. The molecule has 43 heavy (non-hydrogen) atoms. The average molecular weight is 630 g/mol. The molecule has 4 fully saturated rings. The number of hydrogen-bond donors (Lipinski definition) is 6. The Morgan fingerprint density at radius 3 is 2.60 bits per heavy atom. The highest BCUT2D eigenvalue weighted by Crippen LogP contribution is 2.35. The number of morpholine rings is 1. The number of carbonyl (C=O) groups is 2. The van der Waals surface area contributed by atoms with Gasteiger partial charge >= 0.3 is 0 Å². The summed E-state index contributed by atoms with van der Waals surface area (Å²) < 4.78 is 18.0. The van der Waals surface area contributed by atoms with Gasteiger partial charge < -0.3 is 45.3 Å². The predicted octanol–water partition coefficient (Wildman–Crippen LogP) is 0.0504. The standard InChI is InChI=1S/C29H49N3O7S.CH2O2/c1-17(2)12-18-6-9-38-26-20(13-18)14-30-22(26)28(36)31-21-5-3-4-19(15-32-7-10-37-11-8-32)16-40-29-25(35)23(33)24(34)27(21)39-29;2-1-3/h3-4,17-27,29-30,33-35H,5-16H2,1-2H3,(H,31,36);1H,(H,2,3)/t18-,19-,20-,21+,22-,23-,24+,25+,26+,27+,29+;/m0./s1. The summed E-state index contributed by atoms with van der Waals surface area (Å²) in [7, 11) is 0. The first-order valence-electron chi connectivity index (χ1n) is 15.7. The van der Waals surface area contributed by atoms with Gasteiger partial charge in [-0.25, -0.2) is 0 Å². The summed E-state index contributed by atoms with van der Waals surface area (Å²) in [5, 5.41) is 45.8. The third-order valence-electron chi connectivity index (χ3n) is 9.15. The third-order valence-corrected chi connectivity index (χ3v) is 10.5. The Balaban J connectivity index is 0.00000135. The highest BCUT2D eigenvalue weighted by molar-refractivity contribution is 7.99. The molecule has 0 aromatic rings. The normalized spacial score (nSPS) is 40.5. The van der Waals surface area contributed by atoms with Crippen molar-refractivity contribution in [1.82, 2.24) is 15.5 Å². The first kappa shape index (κ1) is 34.6. The molecule has 0 radical (unpaired) electrons. The van der Waals surface area contributed by atoms with E-state index in [0.29, 0.717) is 36.5 Å². The fourth-order valence-electron chi connectivity index (χ4n) is 7.08. The number of ether oxygens (including phenoxy) is 3. The van der Waals surface area contributed by atoms with Crippen LogP contribution >= 0.6 is 11.8 Å². The van der Waals surface area contributed by atoms with Gasteiger partial charge in [-0.3, -0.25) is 14.5 Å². The van der Waals surface area contributed by atoms with Gasteiger partial charge in [-0.1, -0.05) is 26.0 Å². The number of rotatable bonds is 6. The number of amides is 1. The van der Waals surface area contributed by atoms with Crippen LogP contribution in [-0.4, -0.2) is 137 Å². The zero-order valence-electron chi connectivity index (χ0n) is 25.3. The number of nitrogens with one attached hydrogen (secondary N) is 2. The molecule has 1 amide bonds. The third kappa shape index (κ3) is 9.36. The lowest BCUT2D eigenvalue weighted by Gasteiger charge is -2.44. The summed E-state index contributed by atoms with van der Waals surface area (Å²) in [5.74, 6) is 2.30. The van der Waals surface area contributed by atoms with Crippen LogP contribution in [0, 0.1) is 23.7 Å². The molecule has 6 N–H and O–H groups in total. The van der Waals surface area contributed by atoms with E-state index in [1.165, 1.54) is 18.2 Å². The van der Waals surface area contributed by atoms with Gasteiger partial charge in [0.2, 0.25) is 5.91 Å². The highest BCUT2D eigenvalue weighted by atomic mass is 32.2. The molecule has 0 unspecified atom stereocenters. The summed E-state index contributed by atoms with van der Waals surface area (Å²) in [6.45, 7) is 9.77. The van der Waals surface area contributed by atoms with Crippen molar-refractivity contribution in [3.05, 3.63) is 12.2 Å². The zero-order valence-corrected chi connectivity index (χ0v) is 26.1. The number of hydrogen-bond acceptors (Lipinski definition) is 11. The van der Waals surface area contributed by atoms with Crippen LogP contribution in [0.2, 0.25) is 0 Å². The number of fused-ring (bicyclic) bond motifs is 3. The van der Waals surface area contributed by atoms with E-state index in [2.05, 4.69) is 41.5 Å². The van der Waals surface area contributed by atoms with E-state index in [1.54, 1.807) is 0 Å². The van der Waals surface area contributed by atoms with Gasteiger partial charge in [-0.05, 0) is 49.4 Å². The number of aliphatic hydroxyl groups excluding tert-OH is 3. The van der Waals surface area contributed by atoms with E-state index in [0.717, 1.165) is 52.2 Å². The molecule has 4 saturated heterocycles. The summed E-state index contributed by atoms with van der Waals surface area (Å²) in [4.78, 5) is 24.4. The first-order valence-corrected chi connectivity index (χ1v) is 16.8. The molecule has 5 heterocycles. The van der Waals surface area contributed by atoms with Crippen LogP contribution in [0.5, 0.6) is 0 Å². The molecule has 12 nitrogen and oxygen atoms in total. The second kappa shape index (κ2) is 16.9. The summed E-state index contributed by atoms with van der Waals surface area (Å²) in [6, 6.07) is -1.04. The summed E-state index contributed by atoms with van der Waals surface area (Å²) >= 11 is 1.46. The van der Waals surface area contributed by atoms with Crippen LogP contribution in [0.15, 0.2) is 12.2 Å². The Kier molecular flexibility index (Phi) is 13.6. The minimum Gasteiger partial charge on any atom is -0.483 e. The monoisotopic (exact) mass is 629 g/mol. The van der Waals surface area contributed by atoms with Crippen LogP contribution in [-0.2, 0) is 23.8 Å². The van der Waals surface area contributed by atoms with Crippen molar-refractivity contribution in [2.24, 2.45) is 23.7 Å². The minimum atomic E-state index is -1.35. The largest absolute Gasteiger partial charge is 0.483 e. The molecule has 0 aliphatic carbocycles. The molecule has 2 bridgehead atoms. The summed E-state index contributed by atoms with van der Waals surface area (Å²) in [6.07, 6.45) is 3.05. The lowest BCUT2D eigenvalue weighted by molar-refractivity contribution is -0.205. The van der Waals surface area contributed by atoms with Crippen molar-refractivity contribution in [3.8, 4) is 0 Å². The molecular formula is C30H51N3O9S. The van der Waals surface area contributed by atoms with E-state index in [4.69, 9.17) is 24.1 Å². The number of aliphatic hydroxyl groups is 3. The number of thioether (sulfide) groups is 1. The second-order valence-electron chi connectivity index (χ2n) is 12.8. The highest BCUT2D eigenvalue weighted by Gasteiger charge is 2.49. The van der Waals surface area contributed by atoms with Crippen molar-refractivity contribution >= 4 is 24.1 Å². The Labute approximate surface area is 258 Å². The number of carboxylic acid groups (broad SMARTS) is 1. The molecule has 0 spiro atoms. The van der Waals surface area contributed by atoms with Crippen molar-refractivity contribution in [2.75, 3.05) is 51.8 Å². The fraction of sp³-hybridized carbons (Fsp3) is 0.867. The maximum Gasteiger partial charge on any atom is 0.290 e. The van der Waals surface area contributed by atoms with Crippen molar-refractivity contribution in [1.29, 1.82) is 0 Å². The van der Waals surface area contributed by atoms with E-state index >= 15 is 0 Å². The molecule has 5 aliphatic rings. The maximum atomic E-state index is 13.7. The van der Waals surface area contributed by atoms with Gasteiger partial charge in [-0.15, -0.1) is 11.8 Å². The molecule has 246 valence electrons. The minimum absolute atomic E-state index is 0.171. The molecule has 5 aliphatic heterocycles. The van der Waals surface area contributed by atoms with Gasteiger partial charge in [0.1, 0.15) is 35.9 Å². The Bertz CT molecular complexity index is 908. The van der Waals surface area contributed by atoms with Crippen LogP contribution in [0.1, 0.15) is 39.5 Å². The van der Waals surface area contributed by atoms with Gasteiger partial charge in [0.25, 0.3) is 6.47 Å². The van der Waals surface area contributed by atoms with Crippen LogP contribution in [0.4, 0.5) is 0 Å². The average Bonchev–Trinajstić information content (AvgIpc) is 3.27. The van der Waals surface area contributed by atoms with Gasteiger partial charge in [0, 0.05) is 38.5 Å². The second-order valence-corrected chi connectivity index (χ2v) is 14.0. The topological polar surface area (TPSA) is 170 Å². The maximum absolute atomic E-state index is 13.7. The predicted molar refractivity (Wildman–Crippen MR) is 161 cm³/mol. The Morgan fingerprint density at radius 2 is 1.88 bits per heavy atom. The Hall–Kier alpha value is -1.29. The lowest BCUT2D eigenvalue weighted by atomic mass is 9.85. The Morgan fingerprint density at radius 1 is 1.14 bits per heavy atom. The van der Waals surface area contributed by atoms with E-state index < -0.39 is 41.9 Å². The van der Waals surface area contributed by atoms with E-state index in [9.17, 15) is 20.1 Å². The zero-order chi connectivity index (χ0) is 30.9. The number of nitrogens with zero attached hydrogens (tertiary/aromatic N) is 1. The van der Waals surface area contributed by atoms with E-state index in [1.807, 2.05) is 0 Å². The first-order chi connectivity index (χ1) is 20.7. The molecule has 11 atom stereocenters. The van der Waals surface area contributed by atoms with Crippen molar-refractivity contribution in [3.63, 3.8) is 0 Å². The SMILES string of the molecule is CC(C)C[C@@H]1CCO[C@@H]2[C@H](CN[C@@H]2C(=O)N[C@@H]2CC=C[C@@H](CN3CCOCC3)CS[C@H]3O[C@H]2[C@H](O)[C@H](O)[C@H]3O)C1.O=CO. The van der Waals surface area contributed by atoms with Crippen LogP contribution in [0.25, 0.3) is 0 Å². The molecule has 0 saturated carbocycles. The lowest BCUT2D eigenvalue weighted by Crippen LogP contribution is -2.64. The van der Waals surface area contributed by atoms with Gasteiger partial charge in [-0.2, -0.15) is 0 Å². The van der Waals surface area contributed by atoms with Crippen LogP contribution < -0.4 is 10.6 Å². The van der Waals surface area contributed by atoms with Gasteiger partial charge in [0.15, 0.2) is 0 Å². The van der Waals surface area contributed by atoms with Gasteiger partial charge in [0.05, 0.1) is 25.4 Å². The molecular weight excluding hydrogens is 578 g/mol. The quantitative estimate of drug-likeness (QED) is 0.173. The molecule has 0 aromatic heterocycles. The smallest absolute Gasteiger partial charge is 0.290 e. The molecule has 13 heteroatoms. The number of carbonyl (C=O) groups excluding carboxylic acids is 1. The van der Waals surface area contributed by atoms with Crippen LogP contribution in [0.3, 0.4) is 0 Å². The van der Waals surface area contributed by atoms with E-state index in [-0.39, 0.29) is 24.4 Å². The van der Waals surface area contributed by atoms with Crippen molar-refractivity contribution < 1.29 is 44.2 Å². The fourth-order valence-corrected chi connectivity index (χ4v) is 8.30. The summed E-state index contributed by atoms with van der Waals surface area (Å²) in [5.41, 5.74) is -0.696.